The summed E-state index contributed by atoms with van der Waals surface area (Å²) >= 11 is 3.66. The summed E-state index contributed by atoms with van der Waals surface area (Å²) in [5, 5.41) is 17.3. The number of benzene rings is 3. The van der Waals surface area contributed by atoms with Crippen molar-refractivity contribution in [2.45, 2.75) is 25.5 Å². The van der Waals surface area contributed by atoms with Crippen molar-refractivity contribution in [1.82, 2.24) is 9.78 Å². The van der Waals surface area contributed by atoms with Crippen LogP contribution in [0, 0.1) is 13.8 Å². The van der Waals surface area contributed by atoms with Crippen LogP contribution in [0.4, 0.5) is 0 Å². The third-order valence-corrected chi connectivity index (χ3v) is 6.57. The molecule has 4 aromatic rings. The normalized spacial score (nSPS) is 12.7. The van der Waals surface area contributed by atoms with Crippen LogP contribution in [0.15, 0.2) is 95.5 Å². The van der Waals surface area contributed by atoms with Crippen LogP contribution in [0.2, 0.25) is 0 Å². The second-order valence-corrected chi connectivity index (χ2v) is 8.03. The Hall–Kier alpha value is -2.69. The van der Waals surface area contributed by atoms with Crippen molar-refractivity contribution in [1.29, 1.82) is 0 Å². The summed E-state index contributed by atoms with van der Waals surface area (Å²) in [6.45, 7) is 4.00. The Balaban J connectivity index is 2.06. The number of rotatable bonds is 5. The number of aryl methyl sites for hydroxylation is 1. The van der Waals surface area contributed by atoms with E-state index >= 15 is 0 Å². The molecule has 1 heterocycles. The molecule has 1 N–H and O–H groups in total. The minimum atomic E-state index is -1.31. The largest absolute Gasteiger partial charge is 0.378 e. The van der Waals surface area contributed by atoms with Gasteiger partial charge in [0, 0.05) is 0 Å². The maximum absolute atomic E-state index is 12.5. The second-order valence-electron chi connectivity index (χ2n) is 7.24. The van der Waals surface area contributed by atoms with E-state index in [4.69, 9.17) is 5.10 Å². The molecular formula is C25H23BrN2O. The zero-order valence-corrected chi connectivity index (χ0v) is 18.0. The van der Waals surface area contributed by atoms with Gasteiger partial charge in [-0.2, -0.15) is 5.10 Å². The fourth-order valence-electron chi connectivity index (χ4n) is 3.96. The lowest BCUT2D eigenvalue weighted by Crippen LogP contribution is -2.39. The molecule has 0 amide bonds. The Morgan fingerprint density at radius 2 is 1.24 bits per heavy atom. The Labute approximate surface area is 179 Å². The van der Waals surface area contributed by atoms with E-state index in [2.05, 4.69) is 15.9 Å². The lowest BCUT2D eigenvalue weighted by Gasteiger charge is -2.38. The molecule has 3 aromatic carbocycles. The molecule has 0 saturated heterocycles. The fraction of sp³-hybridized carbons (Fsp3) is 0.160. The van der Waals surface area contributed by atoms with E-state index in [1.54, 1.807) is 0 Å². The van der Waals surface area contributed by atoms with Gasteiger partial charge in [-0.15, -0.1) is 0 Å². The predicted molar refractivity (Wildman–Crippen MR) is 120 cm³/mol. The minimum absolute atomic E-state index is 0.446. The zero-order valence-electron chi connectivity index (χ0n) is 16.5. The molecule has 146 valence electrons. The first-order valence-electron chi connectivity index (χ1n) is 9.63. The first-order chi connectivity index (χ1) is 14.0. The number of nitrogens with zero attached hydrogens (tertiary/aromatic N) is 2. The maximum Gasteiger partial charge on any atom is 0.141 e. The van der Waals surface area contributed by atoms with Crippen molar-refractivity contribution in [3.8, 4) is 0 Å². The lowest BCUT2D eigenvalue weighted by molar-refractivity contribution is 0.0327. The van der Waals surface area contributed by atoms with Gasteiger partial charge in [0.15, 0.2) is 0 Å². The van der Waals surface area contributed by atoms with Crippen molar-refractivity contribution in [3.63, 3.8) is 0 Å². The van der Waals surface area contributed by atoms with E-state index in [9.17, 15) is 5.11 Å². The number of aliphatic hydroxyl groups is 1. The molecule has 0 unspecified atom stereocenters. The molecule has 4 heteroatoms. The quantitative estimate of drug-likeness (QED) is 0.421. The van der Waals surface area contributed by atoms with Gasteiger partial charge in [0.2, 0.25) is 0 Å². The number of hydrogen-bond donors (Lipinski definition) is 1. The highest BCUT2D eigenvalue weighted by molar-refractivity contribution is 9.10. The Bertz CT molecular complexity index is 1050. The highest BCUT2D eigenvalue weighted by Crippen LogP contribution is 2.44. The first kappa shape index (κ1) is 19.6. The van der Waals surface area contributed by atoms with Crippen molar-refractivity contribution >= 4 is 15.9 Å². The van der Waals surface area contributed by atoms with Gasteiger partial charge in [-0.3, -0.25) is 4.68 Å². The minimum Gasteiger partial charge on any atom is -0.378 e. The van der Waals surface area contributed by atoms with Crippen LogP contribution < -0.4 is 0 Å². The lowest BCUT2D eigenvalue weighted by atomic mass is 9.77. The van der Waals surface area contributed by atoms with Gasteiger partial charge in [0.25, 0.3) is 0 Å². The maximum atomic E-state index is 12.5. The van der Waals surface area contributed by atoms with Gasteiger partial charge < -0.3 is 5.11 Å². The van der Waals surface area contributed by atoms with Crippen molar-refractivity contribution < 1.29 is 5.11 Å². The fourth-order valence-corrected chi connectivity index (χ4v) is 4.22. The van der Waals surface area contributed by atoms with E-state index in [-0.39, 0.29) is 0 Å². The van der Waals surface area contributed by atoms with Crippen LogP contribution in [0.1, 0.15) is 34.1 Å². The molecule has 0 radical (unpaired) electrons. The van der Waals surface area contributed by atoms with Crippen LogP contribution in [-0.4, -0.2) is 14.9 Å². The number of aromatic nitrogens is 2. The summed E-state index contributed by atoms with van der Waals surface area (Å²) in [5.41, 5.74) is 3.19. The molecule has 0 bridgehead atoms. The van der Waals surface area contributed by atoms with Gasteiger partial charge in [0.05, 0.1) is 15.9 Å². The summed E-state index contributed by atoms with van der Waals surface area (Å²) in [5.74, 6) is 0. The standard InChI is InChI=1S/C25H23BrN2O/c1-18-23(26)19(2)28(27-18)24(20-12-6-3-7-13-20)25(29,21-14-8-4-9-15-21)22-16-10-5-11-17-22/h3-17,24,29H,1-2H3/t24-/m0/s1. The average Bonchev–Trinajstić information content (AvgIpc) is 3.03. The molecule has 0 aliphatic carbocycles. The average molecular weight is 447 g/mol. The Morgan fingerprint density at radius 1 is 0.793 bits per heavy atom. The van der Waals surface area contributed by atoms with Crippen LogP contribution in [-0.2, 0) is 5.60 Å². The van der Waals surface area contributed by atoms with Gasteiger partial charge in [0.1, 0.15) is 11.6 Å². The van der Waals surface area contributed by atoms with E-state index in [0.29, 0.717) is 0 Å². The summed E-state index contributed by atoms with van der Waals surface area (Å²) in [4.78, 5) is 0. The predicted octanol–water partition coefficient (Wildman–Crippen LogP) is 5.79. The van der Waals surface area contributed by atoms with Crippen molar-refractivity contribution in [3.05, 3.63) is 124 Å². The molecule has 0 aliphatic heterocycles. The third kappa shape index (κ3) is 3.43. The van der Waals surface area contributed by atoms with Crippen LogP contribution in [0.5, 0.6) is 0 Å². The van der Waals surface area contributed by atoms with Gasteiger partial charge in [-0.25, -0.2) is 0 Å². The number of halogens is 1. The van der Waals surface area contributed by atoms with Crippen molar-refractivity contribution in [2.75, 3.05) is 0 Å². The second kappa shape index (κ2) is 7.97. The molecule has 29 heavy (non-hydrogen) atoms. The van der Waals surface area contributed by atoms with Crippen LogP contribution >= 0.6 is 15.9 Å². The SMILES string of the molecule is Cc1nn([C@@H](c2ccccc2)C(O)(c2ccccc2)c2ccccc2)c(C)c1Br. The third-order valence-electron chi connectivity index (χ3n) is 5.42. The molecule has 1 atom stereocenters. The molecular weight excluding hydrogens is 424 g/mol. The molecule has 0 spiro atoms. The molecule has 3 nitrogen and oxygen atoms in total. The van der Waals surface area contributed by atoms with Crippen LogP contribution in [0.25, 0.3) is 0 Å². The Kier molecular flexibility index (Phi) is 5.39. The van der Waals surface area contributed by atoms with E-state index in [0.717, 1.165) is 32.6 Å². The molecule has 4 rings (SSSR count). The summed E-state index contributed by atoms with van der Waals surface area (Å²) < 4.78 is 2.90. The summed E-state index contributed by atoms with van der Waals surface area (Å²) in [6.07, 6.45) is 0. The zero-order chi connectivity index (χ0) is 20.4. The number of hydrogen-bond acceptors (Lipinski definition) is 2. The van der Waals surface area contributed by atoms with Gasteiger partial charge in [-0.05, 0) is 46.5 Å². The van der Waals surface area contributed by atoms with E-state index in [1.165, 1.54) is 0 Å². The highest BCUT2D eigenvalue weighted by Gasteiger charge is 2.43. The topological polar surface area (TPSA) is 38.0 Å². The van der Waals surface area contributed by atoms with Gasteiger partial charge in [-0.1, -0.05) is 91.0 Å². The van der Waals surface area contributed by atoms with Crippen LogP contribution in [0.3, 0.4) is 0 Å². The molecule has 1 aromatic heterocycles. The molecule has 0 aliphatic rings. The van der Waals surface area contributed by atoms with Crippen molar-refractivity contribution in [2.24, 2.45) is 0 Å². The molecule has 0 fully saturated rings. The first-order valence-corrected chi connectivity index (χ1v) is 10.4. The highest BCUT2D eigenvalue weighted by atomic mass is 79.9. The van der Waals surface area contributed by atoms with E-state index in [1.807, 2.05) is 110 Å². The Morgan fingerprint density at radius 3 is 1.66 bits per heavy atom. The summed E-state index contributed by atoms with van der Waals surface area (Å²) in [7, 11) is 0. The van der Waals surface area contributed by atoms with E-state index < -0.39 is 11.6 Å². The van der Waals surface area contributed by atoms with Gasteiger partial charge >= 0.3 is 0 Å². The summed E-state index contributed by atoms with van der Waals surface area (Å²) in [6, 6.07) is 29.3. The molecule has 0 saturated carbocycles. The monoisotopic (exact) mass is 446 g/mol. The smallest absolute Gasteiger partial charge is 0.141 e.